The summed E-state index contributed by atoms with van der Waals surface area (Å²) in [6.45, 7) is 3.32. The van der Waals surface area contributed by atoms with Gasteiger partial charge in [0.05, 0.1) is 0 Å². The highest BCUT2D eigenvalue weighted by Crippen LogP contribution is 2.32. The maximum atomic E-state index is 11.1. The van der Waals surface area contributed by atoms with Crippen molar-refractivity contribution >= 4 is 28.1 Å². The van der Waals surface area contributed by atoms with E-state index in [0.717, 1.165) is 41.7 Å². The van der Waals surface area contributed by atoms with Crippen LogP contribution in [0.3, 0.4) is 0 Å². The predicted octanol–water partition coefficient (Wildman–Crippen LogP) is 1.53. The van der Waals surface area contributed by atoms with Crippen LogP contribution in [0.5, 0.6) is 0 Å². The van der Waals surface area contributed by atoms with E-state index in [2.05, 4.69) is 15.2 Å². The largest absolute Gasteiger partial charge is 0.398 e. The van der Waals surface area contributed by atoms with Crippen LogP contribution < -0.4 is 16.0 Å². The summed E-state index contributed by atoms with van der Waals surface area (Å²) in [6, 6.07) is 6.13. The third-order valence-corrected chi connectivity index (χ3v) is 3.77. The Hall–Kier alpha value is -2.30. The van der Waals surface area contributed by atoms with Gasteiger partial charge in [-0.25, -0.2) is 0 Å². The summed E-state index contributed by atoms with van der Waals surface area (Å²) in [4.78, 5) is 17.6. The average Bonchev–Trinajstić information content (AvgIpc) is 2.87. The number of nitrogens with zero attached hydrogens (tertiary/aromatic N) is 2. The first kappa shape index (κ1) is 12.7. The van der Waals surface area contributed by atoms with Gasteiger partial charge in [-0.3, -0.25) is 9.78 Å². The van der Waals surface area contributed by atoms with Crippen molar-refractivity contribution < 1.29 is 4.79 Å². The van der Waals surface area contributed by atoms with Crippen molar-refractivity contribution in [1.82, 2.24) is 10.3 Å². The number of nitrogens with one attached hydrogen (secondary N) is 1. The van der Waals surface area contributed by atoms with Crippen LogP contribution in [0.2, 0.25) is 0 Å². The van der Waals surface area contributed by atoms with E-state index in [9.17, 15) is 4.79 Å². The molecule has 1 unspecified atom stereocenters. The zero-order chi connectivity index (χ0) is 14.1. The molecule has 104 valence electrons. The minimum atomic E-state index is 0.0284. The molecule has 0 spiro atoms. The van der Waals surface area contributed by atoms with E-state index in [-0.39, 0.29) is 11.9 Å². The van der Waals surface area contributed by atoms with Crippen molar-refractivity contribution in [3.8, 4) is 0 Å². The molecule has 2 aromatic rings. The second-order valence-electron chi connectivity index (χ2n) is 5.23. The van der Waals surface area contributed by atoms with Crippen LogP contribution in [-0.4, -0.2) is 30.0 Å². The van der Waals surface area contributed by atoms with Gasteiger partial charge in [0.15, 0.2) is 0 Å². The van der Waals surface area contributed by atoms with E-state index in [4.69, 9.17) is 5.73 Å². The number of carbonyl (C=O) groups excluding carboxylic acids is 1. The first-order chi connectivity index (χ1) is 9.65. The van der Waals surface area contributed by atoms with Crippen molar-refractivity contribution in [3.05, 3.63) is 30.6 Å². The number of benzene rings is 1. The minimum Gasteiger partial charge on any atom is -0.398 e. The molecule has 1 fully saturated rings. The molecule has 0 bridgehead atoms. The van der Waals surface area contributed by atoms with Crippen LogP contribution in [0.15, 0.2) is 30.6 Å². The van der Waals surface area contributed by atoms with E-state index < -0.39 is 0 Å². The molecule has 20 heavy (non-hydrogen) atoms. The third-order valence-electron chi connectivity index (χ3n) is 3.77. The van der Waals surface area contributed by atoms with E-state index in [1.165, 1.54) is 0 Å². The monoisotopic (exact) mass is 270 g/mol. The summed E-state index contributed by atoms with van der Waals surface area (Å²) in [5.41, 5.74) is 7.92. The van der Waals surface area contributed by atoms with Crippen molar-refractivity contribution in [2.75, 3.05) is 23.7 Å². The van der Waals surface area contributed by atoms with E-state index >= 15 is 0 Å². The second kappa shape index (κ2) is 5.00. The predicted molar refractivity (Wildman–Crippen MR) is 80.6 cm³/mol. The second-order valence-corrected chi connectivity index (χ2v) is 5.23. The first-order valence-electron chi connectivity index (χ1n) is 6.79. The highest BCUT2D eigenvalue weighted by molar-refractivity contribution is 6.00. The van der Waals surface area contributed by atoms with Crippen LogP contribution in [0.1, 0.15) is 13.3 Å². The number of hydrogen-bond donors (Lipinski definition) is 2. The van der Waals surface area contributed by atoms with E-state index in [1.807, 2.05) is 24.4 Å². The minimum absolute atomic E-state index is 0.0284. The normalized spacial score (nSPS) is 18.4. The van der Waals surface area contributed by atoms with Crippen LogP contribution >= 0.6 is 0 Å². The maximum absolute atomic E-state index is 11.1. The van der Waals surface area contributed by atoms with Crippen LogP contribution in [0.4, 0.5) is 11.4 Å². The van der Waals surface area contributed by atoms with Gasteiger partial charge in [-0.15, -0.1) is 0 Å². The molecule has 1 aromatic carbocycles. The number of fused-ring (bicyclic) bond motifs is 1. The molecule has 2 heterocycles. The fourth-order valence-electron chi connectivity index (χ4n) is 2.86. The molecule has 1 atom stereocenters. The molecular weight excluding hydrogens is 252 g/mol. The summed E-state index contributed by atoms with van der Waals surface area (Å²) >= 11 is 0. The van der Waals surface area contributed by atoms with Crippen LogP contribution in [0.25, 0.3) is 10.8 Å². The lowest BCUT2D eigenvalue weighted by atomic mass is 10.1. The molecular formula is C15H18N4O. The highest BCUT2D eigenvalue weighted by Gasteiger charge is 2.24. The van der Waals surface area contributed by atoms with Gasteiger partial charge in [0.25, 0.3) is 0 Å². The third kappa shape index (κ3) is 2.27. The lowest BCUT2D eigenvalue weighted by molar-refractivity contribution is -0.119. The molecule has 5 heteroatoms. The van der Waals surface area contributed by atoms with Crippen LogP contribution in [-0.2, 0) is 4.79 Å². The average molecular weight is 270 g/mol. The summed E-state index contributed by atoms with van der Waals surface area (Å²) in [7, 11) is 0. The van der Waals surface area contributed by atoms with Gasteiger partial charge in [0.2, 0.25) is 5.91 Å². The summed E-state index contributed by atoms with van der Waals surface area (Å²) in [5, 5.41) is 5.07. The quantitative estimate of drug-likeness (QED) is 0.812. The number of aromatic nitrogens is 1. The fraction of sp³-hybridized carbons (Fsp3) is 0.333. The molecule has 3 N–H and O–H groups in total. The van der Waals surface area contributed by atoms with Gasteiger partial charge < -0.3 is 16.0 Å². The molecule has 0 radical (unpaired) electrons. The van der Waals surface area contributed by atoms with Gasteiger partial charge in [0, 0.05) is 60.6 Å². The number of nitrogens with two attached hydrogens (primary N) is 1. The molecule has 1 aromatic heterocycles. The van der Waals surface area contributed by atoms with Crippen molar-refractivity contribution in [2.45, 2.75) is 19.4 Å². The Labute approximate surface area is 117 Å². The van der Waals surface area contributed by atoms with Gasteiger partial charge in [0.1, 0.15) is 0 Å². The Morgan fingerprint density at radius 2 is 2.25 bits per heavy atom. The summed E-state index contributed by atoms with van der Waals surface area (Å²) in [5.74, 6) is 0.0284. The van der Waals surface area contributed by atoms with Crippen molar-refractivity contribution in [3.63, 3.8) is 0 Å². The van der Waals surface area contributed by atoms with Gasteiger partial charge >= 0.3 is 0 Å². The Bertz CT molecular complexity index is 655. The SMILES string of the molecule is CC(=O)NC1CCN(c2ccc(N)c3ccncc23)C1. The van der Waals surface area contributed by atoms with Crippen molar-refractivity contribution in [2.24, 2.45) is 0 Å². The molecule has 5 nitrogen and oxygen atoms in total. The Morgan fingerprint density at radius 1 is 1.40 bits per heavy atom. The van der Waals surface area contributed by atoms with Gasteiger partial charge in [-0.05, 0) is 24.6 Å². The summed E-state index contributed by atoms with van der Waals surface area (Å²) in [6.07, 6.45) is 4.57. The molecule has 0 aliphatic carbocycles. The lowest BCUT2D eigenvalue weighted by Gasteiger charge is -2.21. The van der Waals surface area contributed by atoms with Crippen molar-refractivity contribution in [1.29, 1.82) is 0 Å². The number of anilines is 2. The lowest BCUT2D eigenvalue weighted by Crippen LogP contribution is -2.35. The molecule has 1 aliphatic heterocycles. The number of amides is 1. The number of nitrogen functional groups attached to an aromatic ring is 1. The Kier molecular flexibility index (Phi) is 3.18. The molecule has 1 aliphatic rings. The Morgan fingerprint density at radius 3 is 3.05 bits per heavy atom. The van der Waals surface area contributed by atoms with Gasteiger partial charge in [-0.1, -0.05) is 0 Å². The topological polar surface area (TPSA) is 71.2 Å². The zero-order valence-electron chi connectivity index (χ0n) is 11.5. The zero-order valence-corrected chi connectivity index (χ0v) is 11.5. The highest BCUT2D eigenvalue weighted by atomic mass is 16.1. The molecule has 1 amide bonds. The van der Waals surface area contributed by atoms with Crippen LogP contribution in [0, 0.1) is 0 Å². The maximum Gasteiger partial charge on any atom is 0.217 e. The molecule has 0 saturated carbocycles. The summed E-state index contributed by atoms with van der Waals surface area (Å²) < 4.78 is 0. The van der Waals surface area contributed by atoms with Gasteiger partial charge in [-0.2, -0.15) is 0 Å². The number of hydrogen-bond acceptors (Lipinski definition) is 4. The number of pyridine rings is 1. The van der Waals surface area contributed by atoms with E-state index in [1.54, 1.807) is 13.1 Å². The molecule has 1 saturated heterocycles. The smallest absolute Gasteiger partial charge is 0.217 e. The number of rotatable bonds is 2. The fourth-order valence-corrected chi connectivity index (χ4v) is 2.86. The first-order valence-corrected chi connectivity index (χ1v) is 6.79. The van der Waals surface area contributed by atoms with E-state index in [0.29, 0.717) is 0 Å². The number of carbonyl (C=O) groups is 1. The standard InChI is InChI=1S/C15H18N4O/c1-10(20)18-11-5-7-19(9-11)15-3-2-14(16)12-4-6-17-8-13(12)15/h2-4,6,8,11H,5,7,9,16H2,1H3,(H,18,20). The Balaban J connectivity index is 1.92. The molecule has 3 rings (SSSR count).